The highest BCUT2D eigenvalue weighted by atomic mass is 16.3. The molecule has 2 aliphatic rings. The molecule has 2 unspecified atom stereocenters. The van der Waals surface area contributed by atoms with Crippen LogP contribution in [-0.4, -0.2) is 30.1 Å². The van der Waals surface area contributed by atoms with Crippen molar-refractivity contribution in [1.82, 2.24) is 4.90 Å². The van der Waals surface area contributed by atoms with E-state index in [1.165, 1.54) is 0 Å². The molecule has 1 aliphatic heterocycles. The number of nitrogens with zero attached hydrogens (tertiary/aromatic N) is 1. The average Bonchev–Trinajstić information content (AvgIpc) is 2.56. The molecule has 1 aromatic carbocycles. The zero-order chi connectivity index (χ0) is 14.7. The molecule has 2 nitrogen and oxygen atoms in total. The summed E-state index contributed by atoms with van der Waals surface area (Å²) in [5, 5.41) is 11.7. The largest absolute Gasteiger partial charge is 0.384 e. The molecule has 1 heterocycles. The summed E-state index contributed by atoms with van der Waals surface area (Å²) in [4.78, 5) is 2.36. The Bertz CT molecular complexity index is 514. The van der Waals surface area contributed by atoms with Crippen molar-refractivity contribution in [3.05, 3.63) is 60.2 Å². The molecule has 2 heteroatoms. The highest BCUT2D eigenvalue weighted by molar-refractivity contribution is 5.28. The molecule has 1 fully saturated rings. The van der Waals surface area contributed by atoms with Crippen molar-refractivity contribution >= 4 is 0 Å². The molecule has 1 N–H and O–H groups in total. The lowest BCUT2D eigenvalue weighted by molar-refractivity contribution is -0.0790. The van der Waals surface area contributed by atoms with Crippen molar-refractivity contribution in [2.75, 3.05) is 20.1 Å². The van der Waals surface area contributed by atoms with Crippen LogP contribution in [0.4, 0.5) is 0 Å². The van der Waals surface area contributed by atoms with Crippen LogP contribution in [0.5, 0.6) is 0 Å². The smallest absolute Gasteiger partial charge is 0.0990 e. The number of piperidine rings is 1. The van der Waals surface area contributed by atoms with Crippen molar-refractivity contribution in [3.8, 4) is 0 Å². The lowest BCUT2D eigenvalue weighted by atomic mass is 9.67. The Morgan fingerprint density at radius 1 is 1.10 bits per heavy atom. The Morgan fingerprint density at radius 3 is 2.43 bits per heavy atom. The van der Waals surface area contributed by atoms with Crippen LogP contribution in [0.2, 0.25) is 0 Å². The number of aliphatic hydroxyl groups is 1. The average molecular weight is 283 g/mol. The molecular weight excluding hydrogens is 258 g/mol. The molecule has 1 aromatic rings. The minimum Gasteiger partial charge on any atom is -0.384 e. The minimum atomic E-state index is -0.746. The summed E-state index contributed by atoms with van der Waals surface area (Å²) in [5.41, 5.74) is 0.327. The third-order valence-corrected chi connectivity index (χ3v) is 5.12. The summed E-state index contributed by atoms with van der Waals surface area (Å²) in [6, 6.07) is 10.3. The molecule has 3 rings (SSSR count). The highest BCUT2D eigenvalue weighted by Gasteiger charge is 2.44. The summed E-state index contributed by atoms with van der Waals surface area (Å²) in [6.07, 6.45) is 11.6. The van der Waals surface area contributed by atoms with E-state index in [9.17, 15) is 5.11 Å². The number of hydrogen-bond acceptors (Lipinski definition) is 2. The first kappa shape index (κ1) is 14.6. The van der Waals surface area contributed by atoms with Gasteiger partial charge in [0, 0.05) is 5.92 Å². The molecular formula is C19H25NO. The molecule has 21 heavy (non-hydrogen) atoms. The second-order valence-corrected chi connectivity index (χ2v) is 6.42. The van der Waals surface area contributed by atoms with Gasteiger partial charge in [-0.3, -0.25) is 0 Å². The quantitative estimate of drug-likeness (QED) is 0.919. The van der Waals surface area contributed by atoms with Gasteiger partial charge < -0.3 is 10.0 Å². The lowest BCUT2D eigenvalue weighted by Gasteiger charge is -2.45. The lowest BCUT2D eigenvalue weighted by Crippen LogP contribution is -2.46. The molecule has 0 saturated carbocycles. The first-order valence-electron chi connectivity index (χ1n) is 8.01. The zero-order valence-corrected chi connectivity index (χ0v) is 12.8. The molecule has 0 aromatic heterocycles. The first-order chi connectivity index (χ1) is 10.2. The molecule has 0 radical (unpaired) electrons. The number of hydrogen-bond donors (Lipinski definition) is 1. The van der Waals surface area contributed by atoms with Crippen LogP contribution in [-0.2, 0) is 5.60 Å². The number of benzene rings is 1. The predicted molar refractivity (Wildman–Crippen MR) is 86.9 cm³/mol. The second kappa shape index (κ2) is 6.17. The van der Waals surface area contributed by atoms with E-state index in [2.05, 4.69) is 48.4 Å². The molecule has 1 saturated heterocycles. The maximum atomic E-state index is 11.7. The van der Waals surface area contributed by atoms with E-state index in [-0.39, 0.29) is 5.92 Å². The molecule has 0 bridgehead atoms. The van der Waals surface area contributed by atoms with Crippen LogP contribution >= 0.6 is 0 Å². The summed E-state index contributed by atoms with van der Waals surface area (Å²) >= 11 is 0. The van der Waals surface area contributed by atoms with Gasteiger partial charge in [-0.05, 0) is 50.9 Å². The third-order valence-electron chi connectivity index (χ3n) is 5.12. The monoisotopic (exact) mass is 283 g/mol. The highest BCUT2D eigenvalue weighted by Crippen LogP contribution is 2.44. The maximum absolute atomic E-state index is 11.7. The van der Waals surface area contributed by atoms with Crippen molar-refractivity contribution < 1.29 is 5.11 Å². The van der Waals surface area contributed by atoms with E-state index >= 15 is 0 Å². The van der Waals surface area contributed by atoms with Crippen molar-refractivity contribution in [2.24, 2.45) is 11.8 Å². The van der Waals surface area contributed by atoms with Crippen LogP contribution < -0.4 is 0 Å². The molecule has 0 amide bonds. The van der Waals surface area contributed by atoms with Crippen molar-refractivity contribution in [2.45, 2.75) is 24.9 Å². The number of likely N-dealkylation sites (tertiary alicyclic amines) is 1. The van der Waals surface area contributed by atoms with E-state index in [1.54, 1.807) is 0 Å². The summed E-state index contributed by atoms with van der Waals surface area (Å²) < 4.78 is 0. The van der Waals surface area contributed by atoms with E-state index in [1.807, 2.05) is 18.2 Å². The summed E-state index contributed by atoms with van der Waals surface area (Å²) in [7, 11) is 2.17. The Morgan fingerprint density at radius 2 is 1.81 bits per heavy atom. The fourth-order valence-electron chi connectivity index (χ4n) is 3.81. The van der Waals surface area contributed by atoms with E-state index < -0.39 is 5.60 Å². The predicted octanol–water partition coefficient (Wildman–Crippen LogP) is 3.35. The van der Waals surface area contributed by atoms with Crippen LogP contribution in [0.25, 0.3) is 0 Å². The Hall–Kier alpha value is -1.38. The molecule has 1 aliphatic carbocycles. The Balaban J connectivity index is 1.94. The van der Waals surface area contributed by atoms with Gasteiger partial charge in [-0.2, -0.15) is 0 Å². The standard InChI is InChI=1S/C19H25NO/c1-20-14-12-18(13-15-20)19(21,16-8-4-2-5-9-16)17-10-6-3-7-11-17/h2-10,17-18,21H,11-15H2,1H3. The fourth-order valence-corrected chi connectivity index (χ4v) is 3.81. The van der Waals surface area contributed by atoms with Crippen LogP contribution in [0, 0.1) is 11.8 Å². The number of rotatable bonds is 3. The van der Waals surface area contributed by atoms with Gasteiger partial charge in [0.2, 0.25) is 0 Å². The van der Waals surface area contributed by atoms with Gasteiger partial charge in [-0.1, -0.05) is 54.6 Å². The summed E-state index contributed by atoms with van der Waals surface area (Å²) in [5.74, 6) is 0.510. The van der Waals surface area contributed by atoms with E-state index in [0.717, 1.165) is 37.9 Å². The summed E-state index contributed by atoms with van der Waals surface area (Å²) in [6.45, 7) is 2.15. The van der Waals surface area contributed by atoms with Gasteiger partial charge >= 0.3 is 0 Å². The third kappa shape index (κ3) is 2.83. The van der Waals surface area contributed by atoms with Crippen molar-refractivity contribution in [1.29, 1.82) is 0 Å². The number of allylic oxidation sites excluding steroid dienone is 3. The van der Waals surface area contributed by atoms with E-state index in [0.29, 0.717) is 5.92 Å². The second-order valence-electron chi connectivity index (χ2n) is 6.42. The molecule has 112 valence electrons. The first-order valence-corrected chi connectivity index (χ1v) is 8.01. The van der Waals surface area contributed by atoms with E-state index in [4.69, 9.17) is 0 Å². The van der Waals surface area contributed by atoms with Gasteiger partial charge in [0.05, 0.1) is 5.60 Å². The zero-order valence-electron chi connectivity index (χ0n) is 12.8. The molecule has 0 spiro atoms. The SMILES string of the molecule is CN1CCC(C(O)(c2ccccc2)C2C=CC=CC2)CC1. The normalized spacial score (nSPS) is 26.7. The van der Waals surface area contributed by atoms with Crippen LogP contribution in [0.15, 0.2) is 54.6 Å². The molecule has 2 atom stereocenters. The fraction of sp³-hybridized carbons (Fsp3) is 0.474. The van der Waals surface area contributed by atoms with Crippen molar-refractivity contribution in [3.63, 3.8) is 0 Å². The topological polar surface area (TPSA) is 23.5 Å². The van der Waals surface area contributed by atoms with Gasteiger partial charge in [0.25, 0.3) is 0 Å². The van der Waals surface area contributed by atoms with Gasteiger partial charge in [-0.15, -0.1) is 0 Å². The van der Waals surface area contributed by atoms with Gasteiger partial charge in [-0.25, -0.2) is 0 Å². The van der Waals surface area contributed by atoms with Gasteiger partial charge in [0.1, 0.15) is 0 Å². The van der Waals surface area contributed by atoms with Crippen LogP contribution in [0.1, 0.15) is 24.8 Å². The van der Waals surface area contributed by atoms with Gasteiger partial charge in [0.15, 0.2) is 0 Å². The van der Waals surface area contributed by atoms with Crippen LogP contribution in [0.3, 0.4) is 0 Å². The Labute approximate surface area is 127 Å². The Kier molecular flexibility index (Phi) is 4.27. The maximum Gasteiger partial charge on any atom is 0.0990 e. The minimum absolute atomic E-state index is 0.179.